The maximum Gasteiger partial charge on any atom is 0.254 e. The Morgan fingerprint density at radius 2 is 2.22 bits per heavy atom. The van der Waals surface area contributed by atoms with E-state index in [0.29, 0.717) is 18.7 Å². The van der Waals surface area contributed by atoms with E-state index in [2.05, 4.69) is 0 Å². The molecule has 0 saturated carbocycles. The lowest BCUT2D eigenvalue weighted by Crippen LogP contribution is -2.29. The highest BCUT2D eigenvalue weighted by Gasteiger charge is 2.27. The summed E-state index contributed by atoms with van der Waals surface area (Å²) in [6.45, 7) is 1.24. The second kappa shape index (κ2) is 5.35. The van der Waals surface area contributed by atoms with Gasteiger partial charge in [0.05, 0.1) is 13.2 Å². The summed E-state index contributed by atoms with van der Waals surface area (Å²) in [7, 11) is 3.02. The molecule has 1 atom stereocenters. The number of ether oxygens (including phenoxy) is 2. The summed E-state index contributed by atoms with van der Waals surface area (Å²) in [4.78, 5) is 13.9. The van der Waals surface area contributed by atoms with Crippen LogP contribution in [0, 0.1) is 5.82 Å². The Bertz CT molecular complexity index is 450. The molecule has 5 heteroatoms. The van der Waals surface area contributed by atoms with Crippen molar-refractivity contribution in [3.63, 3.8) is 0 Å². The molecule has 1 fully saturated rings. The van der Waals surface area contributed by atoms with Crippen molar-refractivity contribution in [2.75, 3.05) is 27.3 Å². The SMILES string of the molecule is COc1cc(C(=O)N2CC[C@H](OC)C2)ccc1F. The third kappa shape index (κ3) is 2.46. The average Bonchev–Trinajstić information content (AvgIpc) is 2.87. The number of hydrogen-bond donors (Lipinski definition) is 0. The number of hydrogen-bond acceptors (Lipinski definition) is 3. The van der Waals surface area contributed by atoms with Crippen molar-refractivity contribution in [2.24, 2.45) is 0 Å². The first kappa shape index (κ1) is 12.8. The normalized spacial score (nSPS) is 19.1. The van der Waals surface area contributed by atoms with E-state index < -0.39 is 5.82 Å². The third-order valence-electron chi connectivity index (χ3n) is 3.16. The molecule has 0 aliphatic carbocycles. The van der Waals surface area contributed by atoms with E-state index in [0.717, 1.165) is 6.42 Å². The Morgan fingerprint density at radius 3 is 2.83 bits per heavy atom. The smallest absolute Gasteiger partial charge is 0.254 e. The zero-order valence-corrected chi connectivity index (χ0v) is 10.5. The van der Waals surface area contributed by atoms with Crippen LogP contribution in [-0.4, -0.2) is 44.2 Å². The van der Waals surface area contributed by atoms with Crippen LogP contribution in [0.4, 0.5) is 4.39 Å². The summed E-state index contributed by atoms with van der Waals surface area (Å²) in [6.07, 6.45) is 0.928. The molecule has 1 aromatic carbocycles. The monoisotopic (exact) mass is 253 g/mol. The Hall–Kier alpha value is -1.62. The molecule has 18 heavy (non-hydrogen) atoms. The van der Waals surface area contributed by atoms with E-state index in [1.54, 1.807) is 12.0 Å². The summed E-state index contributed by atoms with van der Waals surface area (Å²) in [5, 5.41) is 0. The van der Waals surface area contributed by atoms with Crippen molar-refractivity contribution >= 4 is 5.91 Å². The number of amides is 1. The Kier molecular flexibility index (Phi) is 3.81. The van der Waals surface area contributed by atoms with Crippen LogP contribution < -0.4 is 4.74 Å². The Labute approximate surface area is 105 Å². The molecule has 0 bridgehead atoms. The van der Waals surface area contributed by atoms with Crippen molar-refractivity contribution in [3.8, 4) is 5.75 Å². The quantitative estimate of drug-likeness (QED) is 0.823. The topological polar surface area (TPSA) is 38.8 Å². The maximum atomic E-state index is 13.3. The summed E-state index contributed by atoms with van der Waals surface area (Å²) in [6, 6.07) is 4.15. The van der Waals surface area contributed by atoms with Gasteiger partial charge in [0, 0.05) is 25.8 Å². The number of carbonyl (C=O) groups excluding carboxylic acids is 1. The zero-order valence-electron chi connectivity index (χ0n) is 10.5. The van der Waals surface area contributed by atoms with Gasteiger partial charge < -0.3 is 14.4 Å². The molecule has 0 spiro atoms. The van der Waals surface area contributed by atoms with Gasteiger partial charge in [-0.1, -0.05) is 0 Å². The van der Waals surface area contributed by atoms with E-state index >= 15 is 0 Å². The number of benzene rings is 1. The standard InChI is InChI=1S/C13H16FNO3/c1-17-10-5-6-15(8-10)13(16)9-3-4-11(14)12(7-9)18-2/h3-4,7,10H,5-6,8H2,1-2H3/t10-/m0/s1. The highest BCUT2D eigenvalue weighted by Crippen LogP contribution is 2.21. The predicted octanol–water partition coefficient (Wildman–Crippen LogP) is 1.70. The number of methoxy groups -OCH3 is 2. The van der Waals surface area contributed by atoms with Crippen LogP contribution >= 0.6 is 0 Å². The average molecular weight is 253 g/mol. The fraction of sp³-hybridized carbons (Fsp3) is 0.462. The largest absolute Gasteiger partial charge is 0.494 e. The number of likely N-dealkylation sites (tertiary alicyclic amines) is 1. The van der Waals surface area contributed by atoms with E-state index in [1.165, 1.54) is 25.3 Å². The molecule has 4 nitrogen and oxygen atoms in total. The van der Waals surface area contributed by atoms with Gasteiger partial charge in [-0.15, -0.1) is 0 Å². The molecule has 1 aliphatic heterocycles. The first-order valence-electron chi connectivity index (χ1n) is 5.81. The molecule has 1 aliphatic rings. The third-order valence-corrected chi connectivity index (χ3v) is 3.16. The molecule has 1 amide bonds. The van der Waals surface area contributed by atoms with Crippen LogP contribution in [0.25, 0.3) is 0 Å². The van der Waals surface area contributed by atoms with Gasteiger partial charge >= 0.3 is 0 Å². The van der Waals surface area contributed by atoms with Crippen LogP contribution in [-0.2, 0) is 4.74 Å². The minimum atomic E-state index is -0.467. The van der Waals surface area contributed by atoms with Gasteiger partial charge in [0.15, 0.2) is 11.6 Å². The Balaban J connectivity index is 2.14. The van der Waals surface area contributed by atoms with Gasteiger partial charge in [-0.25, -0.2) is 4.39 Å². The van der Waals surface area contributed by atoms with Crippen LogP contribution in [0.2, 0.25) is 0 Å². The molecule has 0 radical (unpaired) electrons. The number of rotatable bonds is 3. The first-order valence-corrected chi connectivity index (χ1v) is 5.81. The van der Waals surface area contributed by atoms with Crippen LogP contribution in [0.15, 0.2) is 18.2 Å². The fourth-order valence-electron chi connectivity index (χ4n) is 2.08. The summed E-state index contributed by atoms with van der Waals surface area (Å²) >= 11 is 0. The molecule has 98 valence electrons. The number of halogens is 1. The predicted molar refractivity (Wildman–Crippen MR) is 64.3 cm³/mol. The summed E-state index contributed by atoms with van der Waals surface area (Å²) in [5.74, 6) is -0.499. The van der Waals surface area contributed by atoms with E-state index in [4.69, 9.17) is 9.47 Å². The Morgan fingerprint density at radius 1 is 1.44 bits per heavy atom. The zero-order chi connectivity index (χ0) is 13.1. The van der Waals surface area contributed by atoms with Gasteiger partial charge in [0.1, 0.15) is 0 Å². The molecule has 2 rings (SSSR count). The molecular formula is C13H16FNO3. The van der Waals surface area contributed by atoms with Crippen LogP contribution in [0.3, 0.4) is 0 Å². The van der Waals surface area contributed by atoms with Gasteiger partial charge in [-0.2, -0.15) is 0 Å². The molecule has 1 aromatic rings. The van der Waals surface area contributed by atoms with Gasteiger partial charge in [0.25, 0.3) is 5.91 Å². The van der Waals surface area contributed by atoms with Crippen molar-refractivity contribution in [1.82, 2.24) is 4.90 Å². The lowest BCUT2D eigenvalue weighted by molar-refractivity contribution is 0.0724. The van der Waals surface area contributed by atoms with Crippen molar-refractivity contribution in [3.05, 3.63) is 29.6 Å². The second-order valence-corrected chi connectivity index (χ2v) is 4.25. The molecule has 1 saturated heterocycles. The fourth-order valence-corrected chi connectivity index (χ4v) is 2.08. The number of carbonyl (C=O) groups is 1. The highest BCUT2D eigenvalue weighted by atomic mass is 19.1. The summed E-state index contributed by atoms with van der Waals surface area (Å²) < 4.78 is 23.3. The van der Waals surface area contributed by atoms with E-state index in [1.807, 2.05) is 0 Å². The van der Waals surface area contributed by atoms with E-state index in [-0.39, 0.29) is 17.8 Å². The molecule has 0 aromatic heterocycles. The van der Waals surface area contributed by atoms with Gasteiger partial charge in [0.2, 0.25) is 0 Å². The maximum absolute atomic E-state index is 13.3. The van der Waals surface area contributed by atoms with Crippen LogP contribution in [0.5, 0.6) is 5.75 Å². The van der Waals surface area contributed by atoms with Gasteiger partial charge in [-0.05, 0) is 24.6 Å². The van der Waals surface area contributed by atoms with Crippen molar-refractivity contribution in [1.29, 1.82) is 0 Å². The lowest BCUT2D eigenvalue weighted by Gasteiger charge is -2.16. The second-order valence-electron chi connectivity index (χ2n) is 4.25. The minimum Gasteiger partial charge on any atom is -0.494 e. The molecular weight excluding hydrogens is 237 g/mol. The van der Waals surface area contributed by atoms with Crippen molar-refractivity contribution in [2.45, 2.75) is 12.5 Å². The minimum absolute atomic E-state index is 0.0864. The van der Waals surface area contributed by atoms with Crippen molar-refractivity contribution < 1.29 is 18.7 Å². The van der Waals surface area contributed by atoms with Crippen LogP contribution in [0.1, 0.15) is 16.8 Å². The molecule has 0 unspecified atom stereocenters. The van der Waals surface area contributed by atoms with Gasteiger partial charge in [-0.3, -0.25) is 4.79 Å². The first-order chi connectivity index (χ1) is 8.65. The summed E-state index contributed by atoms with van der Waals surface area (Å²) in [5.41, 5.74) is 0.435. The highest BCUT2D eigenvalue weighted by molar-refractivity contribution is 5.94. The number of nitrogens with zero attached hydrogens (tertiary/aromatic N) is 1. The molecule has 1 heterocycles. The molecule has 0 N–H and O–H groups in total. The van der Waals surface area contributed by atoms with E-state index in [9.17, 15) is 9.18 Å². The lowest BCUT2D eigenvalue weighted by atomic mass is 10.2.